The maximum Gasteiger partial charge on any atom is 0.253 e. The van der Waals surface area contributed by atoms with Gasteiger partial charge in [-0.3, -0.25) is 9.59 Å². The minimum atomic E-state index is -0.661. The van der Waals surface area contributed by atoms with E-state index in [1.807, 2.05) is 6.92 Å². The number of anilines is 1. The third-order valence-corrected chi connectivity index (χ3v) is 2.47. The predicted molar refractivity (Wildman–Crippen MR) is 79.0 cm³/mol. The second kappa shape index (κ2) is 7.99. The Morgan fingerprint density at radius 1 is 1.42 bits per heavy atom. The van der Waals surface area contributed by atoms with E-state index < -0.39 is 6.04 Å². The second-order valence-corrected chi connectivity index (χ2v) is 4.26. The van der Waals surface area contributed by atoms with Crippen molar-refractivity contribution < 1.29 is 9.59 Å². The molecule has 0 spiro atoms. The summed E-state index contributed by atoms with van der Waals surface area (Å²) in [4.78, 5) is 23.3. The largest absolute Gasteiger partial charge is 0.352 e. The van der Waals surface area contributed by atoms with Crippen LogP contribution in [0.2, 0.25) is 5.02 Å². The summed E-state index contributed by atoms with van der Waals surface area (Å²) >= 11 is 5.85. The summed E-state index contributed by atoms with van der Waals surface area (Å²) in [5.74, 6) is -0.642. The molecule has 0 heterocycles. The molecule has 0 fully saturated rings. The number of hydrogen-bond acceptors (Lipinski definition) is 3. The minimum Gasteiger partial charge on any atom is -0.352 e. The fraction of sp³-hybridized carbons (Fsp3) is 0.333. The Hall–Kier alpha value is -1.30. The number of nitrogens with two attached hydrogens (primary N) is 1. The van der Waals surface area contributed by atoms with Crippen molar-refractivity contribution in [3.8, 4) is 0 Å². The summed E-state index contributed by atoms with van der Waals surface area (Å²) in [7, 11) is 0. The molecule has 0 bridgehead atoms. The van der Waals surface area contributed by atoms with Crippen LogP contribution in [0.25, 0.3) is 0 Å². The summed E-state index contributed by atoms with van der Waals surface area (Å²) in [6, 6.07) is 4.01. The van der Waals surface area contributed by atoms with E-state index in [1.54, 1.807) is 19.1 Å². The van der Waals surface area contributed by atoms with E-state index in [1.165, 1.54) is 6.07 Å². The van der Waals surface area contributed by atoms with Gasteiger partial charge in [-0.1, -0.05) is 11.6 Å². The highest BCUT2D eigenvalue weighted by Gasteiger charge is 2.15. The molecule has 0 aliphatic carbocycles. The van der Waals surface area contributed by atoms with Gasteiger partial charge in [-0.15, -0.1) is 12.4 Å². The number of nitrogens with one attached hydrogen (secondary N) is 2. The molecule has 0 unspecified atom stereocenters. The molecule has 1 aromatic carbocycles. The molecule has 0 aromatic heterocycles. The van der Waals surface area contributed by atoms with Crippen LogP contribution in [-0.4, -0.2) is 24.4 Å². The van der Waals surface area contributed by atoms with Gasteiger partial charge in [0.25, 0.3) is 5.91 Å². The van der Waals surface area contributed by atoms with Crippen LogP contribution in [0, 0.1) is 0 Å². The van der Waals surface area contributed by atoms with Crippen LogP contribution in [0.3, 0.4) is 0 Å². The fourth-order valence-electron chi connectivity index (χ4n) is 1.32. The van der Waals surface area contributed by atoms with Gasteiger partial charge in [-0.05, 0) is 32.0 Å². The Morgan fingerprint density at radius 3 is 2.58 bits per heavy atom. The van der Waals surface area contributed by atoms with E-state index in [0.717, 1.165) is 0 Å². The lowest BCUT2D eigenvalue weighted by Crippen LogP contribution is -2.33. The monoisotopic (exact) mass is 305 g/mol. The molecule has 0 aliphatic rings. The molecular formula is C12H17Cl2N3O2. The molecule has 0 radical (unpaired) electrons. The van der Waals surface area contributed by atoms with Gasteiger partial charge in [0.2, 0.25) is 5.91 Å². The number of amides is 2. The highest BCUT2D eigenvalue weighted by atomic mass is 35.5. The Morgan fingerprint density at radius 2 is 2.05 bits per heavy atom. The van der Waals surface area contributed by atoms with Gasteiger partial charge >= 0.3 is 0 Å². The smallest absolute Gasteiger partial charge is 0.253 e. The van der Waals surface area contributed by atoms with E-state index in [-0.39, 0.29) is 24.2 Å². The van der Waals surface area contributed by atoms with Crippen molar-refractivity contribution in [3.05, 3.63) is 28.8 Å². The van der Waals surface area contributed by atoms with Crippen molar-refractivity contribution in [2.75, 3.05) is 11.9 Å². The Labute approximate surface area is 123 Å². The molecule has 7 heteroatoms. The van der Waals surface area contributed by atoms with E-state index in [9.17, 15) is 9.59 Å². The van der Waals surface area contributed by atoms with Crippen LogP contribution in [0.5, 0.6) is 0 Å². The van der Waals surface area contributed by atoms with E-state index in [4.69, 9.17) is 17.3 Å². The van der Waals surface area contributed by atoms with Crippen LogP contribution in [0.4, 0.5) is 5.69 Å². The highest BCUT2D eigenvalue weighted by Crippen LogP contribution is 2.21. The van der Waals surface area contributed by atoms with Crippen molar-refractivity contribution in [1.82, 2.24) is 5.32 Å². The lowest BCUT2D eigenvalue weighted by molar-refractivity contribution is -0.117. The van der Waals surface area contributed by atoms with Gasteiger partial charge in [-0.25, -0.2) is 0 Å². The van der Waals surface area contributed by atoms with Crippen LogP contribution in [0.15, 0.2) is 18.2 Å². The average Bonchev–Trinajstić information content (AvgIpc) is 2.29. The first kappa shape index (κ1) is 17.7. The van der Waals surface area contributed by atoms with Crippen LogP contribution >= 0.6 is 24.0 Å². The molecular weight excluding hydrogens is 289 g/mol. The van der Waals surface area contributed by atoms with Crippen molar-refractivity contribution in [1.29, 1.82) is 0 Å². The zero-order chi connectivity index (χ0) is 13.7. The maximum absolute atomic E-state index is 11.8. The topological polar surface area (TPSA) is 84.2 Å². The number of carbonyl (C=O) groups is 2. The van der Waals surface area contributed by atoms with Gasteiger partial charge in [0, 0.05) is 11.6 Å². The Balaban J connectivity index is 0.00000324. The summed E-state index contributed by atoms with van der Waals surface area (Å²) in [5.41, 5.74) is 6.17. The summed E-state index contributed by atoms with van der Waals surface area (Å²) in [6.07, 6.45) is 0. The molecule has 2 amide bonds. The van der Waals surface area contributed by atoms with Crippen molar-refractivity contribution in [3.63, 3.8) is 0 Å². The molecule has 1 aromatic rings. The molecule has 106 valence electrons. The SMILES string of the molecule is CCNC(=O)c1ccc(Cl)cc1NC(=O)[C@H](C)N.Cl. The number of carbonyl (C=O) groups excluding carboxylic acids is 2. The minimum absolute atomic E-state index is 0. The normalized spacial score (nSPS) is 11.2. The fourth-order valence-corrected chi connectivity index (χ4v) is 1.49. The van der Waals surface area contributed by atoms with Crippen molar-refractivity contribution >= 4 is 41.5 Å². The van der Waals surface area contributed by atoms with E-state index in [0.29, 0.717) is 22.8 Å². The summed E-state index contributed by atoms with van der Waals surface area (Å²) < 4.78 is 0. The number of halogens is 2. The van der Waals surface area contributed by atoms with Crippen LogP contribution < -0.4 is 16.4 Å². The lowest BCUT2D eigenvalue weighted by atomic mass is 10.1. The van der Waals surface area contributed by atoms with Crippen molar-refractivity contribution in [2.24, 2.45) is 5.73 Å². The third-order valence-electron chi connectivity index (χ3n) is 2.24. The molecule has 5 nitrogen and oxygen atoms in total. The average molecular weight is 306 g/mol. The third kappa shape index (κ3) is 5.06. The molecule has 4 N–H and O–H groups in total. The zero-order valence-electron chi connectivity index (χ0n) is 10.7. The molecule has 19 heavy (non-hydrogen) atoms. The molecule has 0 aliphatic heterocycles. The first-order valence-electron chi connectivity index (χ1n) is 5.60. The molecule has 0 saturated carbocycles. The van der Waals surface area contributed by atoms with Crippen LogP contribution in [0.1, 0.15) is 24.2 Å². The van der Waals surface area contributed by atoms with Gasteiger partial charge < -0.3 is 16.4 Å². The van der Waals surface area contributed by atoms with E-state index in [2.05, 4.69) is 10.6 Å². The first-order chi connectivity index (χ1) is 8.45. The van der Waals surface area contributed by atoms with Crippen LogP contribution in [-0.2, 0) is 4.79 Å². The summed E-state index contributed by atoms with van der Waals surface area (Å²) in [6.45, 7) is 3.88. The lowest BCUT2D eigenvalue weighted by Gasteiger charge is -2.12. The van der Waals surface area contributed by atoms with Gasteiger partial charge in [-0.2, -0.15) is 0 Å². The molecule has 1 atom stereocenters. The number of hydrogen-bond donors (Lipinski definition) is 3. The Bertz CT molecular complexity index is 464. The molecule has 0 saturated heterocycles. The maximum atomic E-state index is 11.8. The van der Waals surface area contributed by atoms with Gasteiger partial charge in [0.15, 0.2) is 0 Å². The Kier molecular flexibility index (Phi) is 7.44. The second-order valence-electron chi connectivity index (χ2n) is 3.83. The quantitative estimate of drug-likeness (QED) is 0.793. The zero-order valence-corrected chi connectivity index (χ0v) is 12.3. The van der Waals surface area contributed by atoms with E-state index >= 15 is 0 Å². The first-order valence-corrected chi connectivity index (χ1v) is 5.97. The summed E-state index contributed by atoms with van der Waals surface area (Å²) in [5, 5.41) is 5.67. The number of benzene rings is 1. The van der Waals surface area contributed by atoms with Crippen molar-refractivity contribution in [2.45, 2.75) is 19.9 Å². The standard InChI is InChI=1S/C12H16ClN3O2.ClH/c1-3-15-12(18)9-5-4-8(13)6-10(9)16-11(17)7(2)14;/h4-7H,3,14H2,1-2H3,(H,15,18)(H,16,17);1H/t7-;/m0./s1. The predicted octanol–water partition coefficient (Wildman–Crippen LogP) is 1.80. The molecule has 1 rings (SSSR count). The number of rotatable bonds is 4. The van der Waals surface area contributed by atoms with Gasteiger partial charge in [0.05, 0.1) is 17.3 Å². The van der Waals surface area contributed by atoms with Gasteiger partial charge in [0.1, 0.15) is 0 Å². The highest BCUT2D eigenvalue weighted by molar-refractivity contribution is 6.31.